The van der Waals surface area contributed by atoms with Crippen molar-refractivity contribution in [3.8, 4) is 0 Å². The Morgan fingerprint density at radius 2 is 2.33 bits per heavy atom. The minimum atomic E-state index is -1.13. The van der Waals surface area contributed by atoms with Crippen LogP contribution in [0.4, 0.5) is 5.69 Å². The summed E-state index contributed by atoms with van der Waals surface area (Å²) in [5, 5.41) is 9.82. The van der Waals surface area contributed by atoms with Crippen LogP contribution in [0.2, 0.25) is 0 Å². The predicted octanol–water partition coefficient (Wildman–Crippen LogP) is 2.29. The number of carbonyl (C=O) groups is 2. The second-order valence-electron chi connectivity index (χ2n) is 4.06. The van der Waals surface area contributed by atoms with Crippen molar-refractivity contribution in [1.29, 1.82) is 0 Å². The normalized spacial score (nSPS) is 19.3. The monoisotopic (exact) mass is 376 g/mol. The number of aromatic nitrogens is 1. The van der Waals surface area contributed by atoms with Crippen LogP contribution in [0.25, 0.3) is 0 Å². The molecule has 1 aromatic rings. The number of hydrogen-bond acceptors (Lipinski definition) is 3. The zero-order valence-corrected chi connectivity index (χ0v) is 12.4. The van der Waals surface area contributed by atoms with E-state index in [1.165, 1.54) is 11.1 Å². The minimum absolute atomic E-state index is 0.0677. The van der Waals surface area contributed by atoms with Gasteiger partial charge in [-0.05, 0) is 27.9 Å². The van der Waals surface area contributed by atoms with Crippen LogP contribution in [0.3, 0.4) is 0 Å². The largest absolute Gasteiger partial charge is 0.476 e. The molecule has 1 atom stereocenters. The van der Waals surface area contributed by atoms with Gasteiger partial charge in [0.1, 0.15) is 0 Å². The average molecular weight is 378 g/mol. The van der Waals surface area contributed by atoms with E-state index in [1.54, 1.807) is 6.07 Å². The van der Waals surface area contributed by atoms with Crippen molar-refractivity contribution in [2.24, 2.45) is 5.92 Å². The fourth-order valence-electron chi connectivity index (χ4n) is 1.92. The van der Waals surface area contributed by atoms with E-state index < -0.39 is 5.97 Å². The van der Waals surface area contributed by atoms with Crippen molar-refractivity contribution in [2.45, 2.75) is 6.42 Å². The third kappa shape index (κ3) is 2.56. The smallest absolute Gasteiger partial charge is 0.356 e. The van der Waals surface area contributed by atoms with Crippen LogP contribution < -0.4 is 4.90 Å². The summed E-state index contributed by atoms with van der Waals surface area (Å²) in [4.78, 5) is 28.4. The van der Waals surface area contributed by atoms with E-state index in [-0.39, 0.29) is 17.5 Å². The van der Waals surface area contributed by atoms with Crippen molar-refractivity contribution >= 4 is 49.4 Å². The van der Waals surface area contributed by atoms with E-state index in [0.717, 1.165) is 5.33 Å². The van der Waals surface area contributed by atoms with Gasteiger partial charge in [-0.1, -0.05) is 15.9 Å². The quantitative estimate of drug-likeness (QED) is 0.820. The van der Waals surface area contributed by atoms with Crippen molar-refractivity contribution in [1.82, 2.24) is 4.98 Å². The lowest BCUT2D eigenvalue weighted by atomic mass is 10.2. The molecule has 2 rings (SSSR count). The highest BCUT2D eigenvalue weighted by molar-refractivity contribution is 9.10. The van der Waals surface area contributed by atoms with Gasteiger partial charge >= 0.3 is 5.97 Å². The highest BCUT2D eigenvalue weighted by Gasteiger charge is 2.32. The molecular weight excluding hydrogens is 368 g/mol. The van der Waals surface area contributed by atoms with E-state index in [0.29, 0.717) is 23.1 Å². The molecule has 0 spiro atoms. The number of pyridine rings is 1. The summed E-state index contributed by atoms with van der Waals surface area (Å²) in [7, 11) is 0. The summed E-state index contributed by atoms with van der Waals surface area (Å²) in [5.41, 5.74) is 0.257. The maximum absolute atomic E-state index is 11.9. The number of hydrogen-bond donors (Lipinski definition) is 1. The van der Waals surface area contributed by atoms with Gasteiger partial charge in [0.05, 0.1) is 5.69 Å². The van der Waals surface area contributed by atoms with E-state index in [2.05, 4.69) is 36.8 Å². The molecule has 18 heavy (non-hydrogen) atoms. The second-order valence-corrected chi connectivity index (χ2v) is 5.62. The summed E-state index contributed by atoms with van der Waals surface area (Å²) in [6.07, 6.45) is 1.84. The second kappa shape index (κ2) is 5.36. The lowest BCUT2D eigenvalue weighted by molar-refractivity contribution is -0.117. The molecule has 0 radical (unpaired) electrons. The van der Waals surface area contributed by atoms with Gasteiger partial charge in [-0.2, -0.15) is 0 Å². The Bertz CT molecular complexity index is 507. The van der Waals surface area contributed by atoms with E-state index in [9.17, 15) is 9.59 Å². The van der Waals surface area contributed by atoms with Gasteiger partial charge in [-0.15, -0.1) is 0 Å². The SMILES string of the molecule is O=C(O)c1ncc(Br)cc1N1CC(CBr)CC1=O. The molecule has 1 unspecified atom stereocenters. The lowest BCUT2D eigenvalue weighted by Crippen LogP contribution is -2.27. The maximum Gasteiger partial charge on any atom is 0.356 e. The zero-order valence-electron chi connectivity index (χ0n) is 9.27. The third-order valence-corrected chi connectivity index (χ3v) is 4.10. The summed E-state index contributed by atoms with van der Waals surface area (Å²) in [6.45, 7) is 0.516. The lowest BCUT2D eigenvalue weighted by Gasteiger charge is -2.18. The third-order valence-electron chi connectivity index (χ3n) is 2.75. The van der Waals surface area contributed by atoms with Crippen LogP contribution in [0.5, 0.6) is 0 Å². The minimum Gasteiger partial charge on any atom is -0.476 e. The van der Waals surface area contributed by atoms with Crippen LogP contribution in [-0.2, 0) is 4.79 Å². The maximum atomic E-state index is 11.9. The molecule has 0 saturated carbocycles. The zero-order chi connectivity index (χ0) is 13.3. The number of halogens is 2. The molecule has 1 N–H and O–H groups in total. The first-order chi connectivity index (χ1) is 8.52. The number of rotatable bonds is 3. The highest BCUT2D eigenvalue weighted by Crippen LogP contribution is 2.30. The topological polar surface area (TPSA) is 70.5 Å². The van der Waals surface area contributed by atoms with Crippen LogP contribution in [0.15, 0.2) is 16.7 Å². The number of anilines is 1. The first-order valence-corrected chi connectivity index (χ1v) is 7.19. The molecule has 1 fully saturated rings. The fraction of sp³-hybridized carbons (Fsp3) is 0.364. The number of carboxylic acid groups (broad SMARTS) is 1. The summed E-state index contributed by atoms with van der Waals surface area (Å²) in [6, 6.07) is 1.62. The first kappa shape index (κ1) is 13.5. The Labute approximate surface area is 120 Å². The number of alkyl halides is 1. The van der Waals surface area contributed by atoms with Crippen LogP contribution in [0, 0.1) is 5.92 Å². The summed E-state index contributed by atoms with van der Waals surface area (Å²) < 4.78 is 0.651. The van der Waals surface area contributed by atoms with Crippen molar-refractivity contribution in [3.63, 3.8) is 0 Å². The molecule has 0 aromatic carbocycles. The molecule has 2 heterocycles. The fourth-order valence-corrected chi connectivity index (χ4v) is 2.67. The van der Waals surface area contributed by atoms with Gasteiger partial charge in [-0.25, -0.2) is 9.78 Å². The molecule has 1 amide bonds. The van der Waals surface area contributed by atoms with Crippen molar-refractivity contribution < 1.29 is 14.7 Å². The van der Waals surface area contributed by atoms with E-state index in [1.807, 2.05) is 0 Å². The van der Waals surface area contributed by atoms with Gasteiger partial charge in [-0.3, -0.25) is 4.79 Å². The number of carboxylic acids is 1. The average Bonchev–Trinajstić information content (AvgIpc) is 2.70. The van der Waals surface area contributed by atoms with Gasteiger partial charge in [0.2, 0.25) is 5.91 Å². The molecular formula is C11H10Br2N2O3. The molecule has 1 aliphatic heterocycles. The van der Waals surface area contributed by atoms with Crippen molar-refractivity contribution in [2.75, 3.05) is 16.8 Å². The Hall–Kier alpha value is -0.950. The van der Waals surface area contributed by atoms with Gasteiger partial charge < -0.3 is 10.0 Å². The van der Waals surface area contributed by atoms with Crippen LogP contribution in [0.1, 0.15) is 16.9 Å². The molecule has 1 saturated heterocycles. The molecule has 96 valence electrons. The molecule has 1 aromatic heterocycles. The highest BCUT2D eigenvalue weighted by atomic mass is 79.9. The van der Waals surface area contributed by atoms with Gasteiger partial charge in [0.15, 0.2) is 5.69 Å². The summed E-state index contributed by atoms with van der Waals surface area (Å²) in [5.74, 6) is -0.993. The van der Waals surface area contributed by atoms with Gasteiger partial charge in [0, 0.05) is 29.0 Å². The number of nitrogens with zero attached hydrogens (tertiary/aromatic N) is 2. The number of amides is 1. The number of aromatic carboxylic acids is 1. The Morgan fingerprint density at radius 1 is 1.61 bits per heavy atom. The van der Waals surface area contributed by atoms with E-state index in [4.69, 9.17) is 5.11 Å². The van der Waals surface area contributed by atoms with Crippen LogP contribution >= 0.6 is 31.9 Å². The molecule has 0 bridgehead atoms. The number of carbonyl (C=O) groups excluding carboxylic acids is 1. The molecule has 5 nitrogen and oxygen atoms in total. The van der Waals surface area contributed by atoms with Gasteiger partial charge in [0.25, 0.3) is 0 Å². The Kier molecular flexibility index (Phi) is 4.01. The van der Waals surface area contributed by atoms with Crippen LogP contribution in [-0.4, -0.2) is 33.8 Å². The predicted molar refractivity (Wildman–Crippen MR) is 73.2 cm³/mol. The van der Waals surface area contributed by atoms with Crippen molar-refractivity contribution in [3.05, 3.63) is 22.4 Å². The molecule has 0 aliphatic carbocycles. The standard InChI is InChI=1S/C11H10Br2N2O3/c12-3-6-1-9(16)15(5-6)8-2-7(13)4-14-10(8)11(17)18/h2,4,6H,1,3,5H2,(H,17,18). The molecule has 7 heteroatoms. The Morgan fingerprint density at radius 3 is 2.89 bits per heavy atom. The first-order valence-electron chi connectivity index (χ1n) is 5.28. The van der Waals surface area contributed by atoms with E-state index >= 15 is 0 Å². The molecule has 1 aliphatic rings. The summed E-state index contributed by atoms with van der Waals surface area (Å²) >= 11 is 6.59. The Balaban J connectivity index is 2.41.